The van der Waals surface area contributed by atoms with Crippen molar-refractivity contribution in [2.45, 2.75) is 6.92 Å². The highest BCUT2D eigenvalue weighted by atomic mass is 14.9. The van der Waals surface area contributed by atoms with Crippen LogP contribution in [-0.4, -0.2) is 19.9 Å². The van der Waals surface area contributed by atoms with Gasteiger partial charge >= 0.3 is 0 Å². The quantitative estimate of drug-likeness (QED) is 0.168. The summed E-state index contributed by atoms with van der Waals surface area (Å²) in [6, 6.07) is 63.0. The van der Waals surface area contributed by atoms with Crippen LogP contribution in [-0.2, 0) is 0 Å². The second-order valence-electron chi connectivity index (χ2n) is 12.6. The number of aryl methyl sites for hydroxylation is 1. The first kappa shape index (κ1) is 30.1. The molecule has 9 rings (SSSR count). The van der Waals surface area contributed by atoms with Gasteiger partial charge in [0.1, 0.15) is 0 Å². The van der Waals surface area contributed by atoms with Crippen molar-refractivity contribution in [3.63, 3.8) is 0 Å². The summed E-state index contributed by atoms with van der Waals surface area (Å²) in [5, 5.41) is 2.10. The molecule has 6 aromatic carbocycles. The summed E-state index contributed by atoms with van der Waals surface area (Å²) in [6.07, 6.45) is 0. The van der Waals surface area contributed by atoms with Crippen LogP contribution < -0.4 is 0 Å². The standard InChI is InChI=1S/C47H30N4/c1-31-20-21-37-26-27-40-41(29-42(34-12-5-2-6-13-34)49-46(40)45(37)48-31)33-24-22-32(23-25-33)38-18-11-19-39(28-38)47-50-43(35-14-7-3-8-15-35)30-44(51-47)36-16-9-4-10-17-36/h2-22,24,26-30H,1H3. The third kappa shape index (κ3) is 5.88. The molecule has 0 amide bonds. The molecule has 0 bridgehead atoms. The second kappa shape index (κ2) is 12.8. The summed E-state index contributed by atoms with van der Waals surface area (Å²) in [5.74, 6) is 0.672. The minimum absolute atomic E-state index is 0.672. The zero-order chi connectivity index (χ0) is 34.1. The predicted octanol–water partition coefficient (Wildman–Crippen LogP) is 11.5. The molecule has 3 aromatic heterocycles. The third-order valence-corrected chi connectivity index (χ3v) is 9.18. The van der Waals surface area contributed by atoms with Gasteiger partial charge in [0.05, 0.1) is 28.1 Å². The molecule has 0 unspecified atom stereocenters. The fraction of sp³-hybridized carbons (Fsp3) is 0.0213. The number of aromatic nitrogens is 4. The highest BCUT2D eigenvalue weighted by Crippen LogP contribution is 2.36. The zero-order valence-corrected chi connectivity index (χ0v) is 27.9. The second-order valence-corrected chi connectivity index (χ2v) is 12.6. The van der Waals surface area contributed by atoms with Gasteiger partial charge in [-0.25, -0.2) is 15.0 Å². The van der Waals surface area contributed by atoms with Crippen LogP contribution in [0.1, 0.15) is 5.69 Å². The maximum absolute atomic E-state index is 5.16. The third-order valence-electron chi connectivity index (χ3n) is 9.18. The van der Waals surface area contributed by atoms with Crippen LogP contribution in [0.25, 0.3) is 89.2 Å². The van der Waals surface area contributed by atoms with Crippen LogP contribution in [0.4, 0.5) is 0 Å². The fourth-order valence-corrected chi connectivity index (χ4v) is 6.57. The molecule has 0 atom stereocenters. The predicted molar refractivity (Wildman–Crippen MR) is 208 cm³/mol. The Morgan fingerprint density at radius 3 is 1.57 bits per heavy atom. The van der Waals surface area contributed by atoms with Gasteiger partial charge in [0.2, 0.25) is 0 Å². The molecule has 3 heterocycles. The number of nitrogens with zero attached hydrogens (tertiary/aromatic N) is 4. The van der Waals surface area contributed by atoms with Crippen molar-refractivity contribution < 1.29 is 0 Å². The number of hydrogen-bond acceptors (Lipinski definition) is 4. The molecule has 0 aliphatic rings. The van der Waals surface area contributed by atoms with Gasteiger partial charge in [-0.3, -0.25) is 4.98 Å². The van der Waals surface area contributed by atoms with Crippen LogP contribution >= 0.6 is 0 Å². The smallest absolute Gasteiger partial charge is 0.160 e. The van der Waals surface area contributed by atoms with E-state index in [1.807, 2.05) is 67.6 Å². The Balaban J connectivity index is 1.13. The first-order chi connectivity index (χ1) is 25.2. The molecule has 0 radical (unpaired) electrons. The minimum atomic E-state index is 0.672. The van der Waals surface area contributed by atoms with Gasteiger partial charge in [-0.2, -0.15) is 0 Å². The summed E-state index contributed by atoms with van der Waals surface area (Å²) in [7, 11) is 0. The molecule has 0 aliphatic carbocycles. The summed E-state index contributed by atoms with van der Waals surface area (Å²) < 4.78 is 0. The van der Waals surface area contributed by atoms with E-state index in [9.17, 15) is 0 Å². The molecule has 0 fully saturated rings. The first-order valence-electron chi connectivity index (χ1n) is 17.0. The van der Waals surface area contributed by atoms with E-state index in [0.29, 0.717) is 5.82 Å². The van der Waals surface area contributed by atoms with Crippen molar-refractivity contribution in [2.75, 3.05) is 0 Å². The lowest BCUT2D eigenvalue weighted by atomic mass is 9.96. The summed E-state index contributed by atoms with van der Waals surface area (Å²) in [4.78, 5) is 20.1. The van der Waals surface area contributed by atoms with E-state index in [4.69, 9.17) is 19.9 Å². The maximum Gasteiger partial charge on any atom is 0.160 e. The topological polar surface area (TPSA) is 51.6 Å². The molecule has 238 valence electrons. The number of rotatable bonds is 6. The van der Waals surface area contributed by atoms with Crippen LogP contribution in [0.15, 0.2) is 164 Å². The highest BCUT2D eigenvalue weighted by Gasteiger charge is 2.15. The van der Waals surface area contributed by atoms with Gasteiger partial charge < -0.3 is 0 Å². The lowest BCUT2D eigenvalue weighted by Gasteiger charge is -2.12. The van der Waals surface area contributed by atoms with Gasteiger partial charge in [-0.05, 0) is 48.9 Å². The Hall–Kier alpha value is -6.96. The van der Waals surface area contributed by atoms with Crippen LogP contribution in [0.2, 0.25) is 0 Å². The lowest BCUT2D eigenvalue weighted by Crippen LogP contribution is -1.96. The number of fused-ring (bicyclic) bond motifs is 3. The molecule has 0 N–H and O–H groups in total. The molecular weight excluding hydrogens is 621 g/mol. The first-order valence-corrected chi connectivity index (χ1v) is 17.0. The van der Waals surface area contributed by atoms with E-state index < -0.39 is 0 Å². The number of pyridine rings is 2. The van der Waals surface area contributed by atoms with Gasteiger partial charge in [-0.1, -0.05) is 140 Å². The molecule has 0 saturated heterocycles. The molecule has 9 aromatic rings. The van der Waals surface area contributed by atoms with E-state index in [-0.39, 0.29) is 0 Å². The van der Waals surface area contributed by atoms with Crippen molar-refractivity contribution >= 4 is 21.8 Å². The molecule has 0 aliphatic heterocycles. The highest BCUT2D eigenvalue weighted by molar-refractivity contribution is 6.09. The largest absolute Gasteiger partial charge is 0.251 e. The molecule has 4 heteroatoms. The fourth-order valence-electron chi connectivity index (χ4n) is 6.57. The van der Waals surface area contributed by atoms with Crippen molar-refractivity contribution in [1.29, 1.82) is 0 Å². The van der Waals surface area contributed by atoms with Crippen molar-refractivity contribution in [3.8, 4) is 67.4 Å². The van der Waals surface area contributed by atoms with Gasteiger partial charge in [-0.15, -0.1) is 0 Å². The normalized spacial score (nSPS) is 11.1. The SMILES string of the molecule is Cc1ccc2ccc3c(-c4c#cc(-c5cccc(-c6nc(-c7ccccc7)cc(-c7ccccc7)n6)c5)cc4)cc(-c4ccccc4)nc3c2n1. The molecular formula is C47H30N4. The van der Waals surface area contributed by atoms with E-state index >= 15 is 0 Å². The van der Waals surface area contributed by atoms with Crippen LogP contribution in [0.5, 0.6) is 0 Å². The van der Waals surface area contributed by atoms with Crippen LogP contribution in [0.3, 0.4) is 0 Å². The Morgan fingerprint density at radius 2 is 0.941 bits per heavy atom. The van der Waals surface area contributed by atoms with Gasteiger partial charge in [0, 0.05) is 55.4 Å². The Morgan fingerprint density at radius 1 is 0.392 bits per heavy atom. The molecule has 0 saturated carbocycles. The molecule has 0 spiro atoms. The Bertz CT molecular complexity index is 2610. The maximum atomic E-state index is 5.16. The summed E-state index contributed by atoms with van der Waals surface area (Å²) >= 11 is 0. The van der Waals surface area contributed by atoms with E-state index in [2.05, 4.69) is 115 Å². The van der Waals surface area contributed by atoms with E-state index in [1.165, 1.54) is 0 Å². The summed E-state index contributed by atoms with van der Waals surface area (Å²) in [6.45, 7) is 2.02. The monoisotopic (exact) mass is 650 g/mol. The number of benzene rings is 5. The zero-order valence-electron chi connectivity index (χ0n) is 27.9. The minimum Gasteiger partial charge on any atom is -0.251 e. The average Bonchev–Trinajstić information content (AvgIpc) is 3.21. The Labute approximate surface area is 296 Å². The number of hydrogen-bond donors (Lipinski definition) is 0. The van der Waals surface area contributed by atoms with Crippen LogP contribution in [0, 0.1) is 19.1 Å². The molecule has 51 heavy (non-hydrogen) atoms. The summed E-state index contributed by atoms with van der Waals surface area (Å²) in [5.41, 5.74) is 13.4. The molecule has 4 nitrogen and oxygen atoms in total. The van der Waals surface area contributed by atoms with E-state index in [1.54, 1.807) is 0 Å². The van der Waals surface area contributed by atoms with Crippen molar-refractivity contribution in [1.82, 2.24) is 19.9 Å². The van der Waals surface area contributed by atoms with Gasteiger partial charge in [0.25, 0.3) is 0 Å². The Kier molecular flexibility index (Phi) is 7.57. The average molecular weight is 651 g/mol. The van der Waals surface area contributed by atoms with Crippen molar-refractivity contribution in [3.05, 3.63) is 182 Å². The van der Waals surface area contributed by atoms with Gasteiger partial charge in [0.15, 0.2) is 5.82 Å². The van der Waals surface area contributed by atoms with Crippen molar-refractivity contribution in [2.24, 2.45) is 0 Å². The lowest BCUT2D eigenvalue weighted by molar-refractivity contribution is 1.18. The van der Waals surface area contributed by atoms with E-state index in [0.717, 1.165) is 89.1 Å².